The molecular weight excluding hydrogens is 384 g/mol. The number of carbonyl (C=O) groups excluding carboxylic acids is 2. The molecule has 1 aliphatic rings. The van der Waals surface area contributed by atoms with Gasteiger partial charge in [0.15, 0.2) is 18.1 Å². The van der Waals surface area contributed by atoms with Crippen LogP contribution in [0.4, 0.5) is 5.69 Å². The summed E-state index contributed by atoms with van der Waals surface area (Å²) in [5.74, 6) is 0.478. The van der Waals surface area contributed by atoms with Gasteiger partial charge >= 0.3 is 5.97 Å². The van der Waals surface area contributed by atoms with Crippen molar-refractivity contribution in [2.45, 2.75) is 33.2 Å². The third-order valence-electron chi connectivity index (χ3n) is 4.99. The molecule has 0 fully saturated rings. The van der Waals surface area contributed by atoms with Crippen LogP contribution in [-0.2, 0) is 9.53 Å². The summed E-state index contributed by atoms with van der Waals surface area (Å²) in [6, 6.07) is 10.5. The van der Waals surface area contributed by atoms with Gasteiger partial charge in [-0.15, -0.1) is 0 Å². The van der Waals surface area contributed by atoms with Crippen LogP contribution in [0.15, 0.2) is 36.4 Å². The molecular formula is C23H28N2O5. The van der Waals surface area contributed by atoms with E-state index in [4.69, 9.17) is 19.9 Å². The largest absolute Gasteiger partial charge is 0.490 e. The number of ether oxygens (including phenoxy) is 3. The summed E-state index contributed by atoms with van der Waals surface area (Å²) in [6.45, 7) is 6.64. The van der Waals surface area contributed by atoms with Crippen molar-refractivity contribution in [1.82, 2.24) is 5.32 Å². The Labute approximate surface area is 176 Å². The van der Waals surface area contributed by atoms with Crippen LogP contribution in [0, 0.1) is 12.8 Å². The van der Waals surface area contributed by atoms with Gasteiger partial charge in [0.2, 0.25) is 0 Å². The van der Waals surface area contributed by atoms with Gasteiger partial charge in [-0.05, 0) is 42.2 Å². The first-order valence-corrected chi connectivity index (χ1v) is 10.1. The molecule has 7 heteroatoms. The number of aryl methyl sites for hydroxylation is 1. The molecule has 1 atom stereocenters. The SMILES string of the molecule is Cc1cccc(C(=O)OCC(=O)N[C@H](c2ccc3c(c2)OCCCO3)C(C)C)c1N. The van der Waals surface area contributed by atoms with Crippen LogP contribution in [0.1, 0.15) is 47.8 Å². The number of para-hydroxylation sites is 1. The first-order chi connectivity index (χ1) is 14.4. The summed E-state index contributed by atoms with van der Waals surface area (Å²) >= 11 is 0. The standard InChI is InChI=1S/C23H28N2O5/c1-14(2)22(16-8-9-18-19(12-16)29-11-5-10-28-18)25-20(26)13-30-23(27)17-7-4-6-15(3)21(17)24/h4,6-9,12,14,22H,5,10-11,13,24H2,1-3H3,(H,25,26)/t22-/m0/s1. The van der Waals surface area contributed by atoms with E-state index in [1.807, 2.05) is 32.0 Å². The fourth-order valence-corrected chi connectivity index (χ4v) is 3.29. The minimum atomic E-state index is -0.622. The number of rotatable bonds is 6. The molecule has 0 spiro atoms. The smallest absolute Gasteiger partial charge is 0.340 e. The lowest BCUT2D eigenvalue weighted by atomic mass is 9.95. The van der Waals surface area contributed by atoms with Crippen LogP contribution in [0.25, 0.3) is 0 Å². The van der Waals surface area contributed by atoms with Crippen molar-refractivity contribution in [3.8, 4) is 11.5 Å². The second kappa shape index (κ2) is 9.52. The van der Waals surface area contributed by atoms with Crippen molar-refractivity contribution >= 4 is 17.6 Å². The van der Waals surface area contributed by atoms with E-state index in [1.165, 1.54) is 0 Å². The van der Waals surface area contributed by atoms with Gasteiger partial charge in [0.1, 0.15) is 0 Å². The lowest BCUT2D eigenvalue weighted by Crippen LogP contribution is -2.35. The molecule has 2 aromatic rings. The molecule has 0 unspecified atom stereocenters. The first-order valence-electron chi connectivity index (χ1n) is 10.1. The monoisotopic (exact) mass is 412 g/mol. The van der Waals surface area contributed by atoms with E-state index in [2.05, 4.69) is 5.32 Å². The van der Waals surface area contributed by atoms with Gasteiger partial charge in [-0.25, -0.2) is 4.79 Å². The number of esters is 1. The number of anilines is 1. The fraction of sp³-hybridized carbons (Fsp3) is 0.391. The molecule has 7 nitrogen and oxygen atoms in total. The molecule has 3 N–H and O–H groups in total. The van der Waals surface area contributed by atoms with Crippen LogP contribution in [0.3, 0.4) is 0 Å². The summed E-state index contributed by atoms with van der Waals surface area (Å²) in [6.07, 6.45) is 0.825. The van der Waals surface area contributed by atoms with Gasteiger partial charge in [0.05, 0.1) is 24.8 Å². The second-order valence-electron chi connectivity index (χ2n) is 7.66. The molecule has 160 valence electrons. The van der Waals surface area contributed by atoms with Crippen LogP contribution < -0.4 is 20.5 Å². The molecule has 0 saturated carbocycles. The van der Waals surface area contributed by atoms with E-state index in [9.17, 15) is 9.59 Å². The zero-order valence-electron chi connectivity index (χ0n) is 17.6. The first kappa shape index (κ1) is 21.5. The van der Waals surface area contributed by atoms with E-state index in [0.29, 0.717) is 30.4 Å². The summed E-state index contributed by atoms with van der Waals surface area (Å²) < 4.78 is 16.6. The summed E-state index contributed by atoms with van der Waals surface area (Å²) in [5.41, 5.74) is 8.22. The van der Waals surface area contributed by atoms with Gasteiger partial charge in [-0.2, -0.15) is 0 Å². The highest BCUT2D eigenvalue weighted by Crippen LogP contribution is 2.34. The molecule has 0 saturated heterocycles. The minimum Gasteiger partial charge on any atom is -0.490 e. The zero-order chi connectivity index (χ0) is 21.7. The maximum atomic E-state index is 12.5. The number of amides is 1. The molecule has 30 heavy (non-hydrogen) atoms. The molecule has 1 heterocycles. The number of benzene rings is 2. The highest BCUT2D eigenvalue weighted by Gasteiger charge is 2.22. The van der Waals surface area contributed by atoms with Crippen molar-refractivity contribution in [1.29, 1.82) is 0 Å². The lowest BCUT2D eigenvalue weighted by Gasteiger charge is -2.24. The van der Waals surface area contributed by atoms with Crippen molar-refractivity contribution in [3.05, 3.63) is 53.1 Å². The second-order valence-corrected chi connectivity index (χ2v) is 7.66. The fourth-order valence-electron chi connectivity index (χ4n) is 3.29. The Morgan fingerprint density at radius 2 is 1.87 bits per heavy atom. The maximum absolute atomic E-state index is 12.5. The third-order valence-corrected chi connectivity index (χ3v) is 4.99. The maximum Gasteiger partial charge on any atom is 0.340 e. The van der Waals surface area contributed by atoms with Crippen molar-refractivity contribution in [2.75, 3.05) is 25.6 Å². The Kier molecular flexibility index (Phi) is 6.82. The Balaban J connectivity index is 1.65. The van der Waals surface area contributed by atoms with Gasteiger partial charge in [-0.3, -0.25) is 4.79 Å². The Bertz CT molecular complexity index is 926. The molecule has 0 aromatic heterocycles. The molecule has 2 aromatic carbocycles. The van der Waals surface area contributed by atoms with Crippen LogP contribution in [0.5, 0.6) is 11.5 Å². The Morgan fingerprint density at radius 1 is 1.13 bits per heavy atom. The average Bonchev–Trinajstić information content (AvgIpc) is 2.96. The molecule has 0 aliphatic carbocycles. The van der Waals surface area contributed by atoms with E-state index in [0.717, 1.165) is 17.5 Å². The van der Waals surface area contributed by atoms with Crippen molar-refractivity contribution < 1.29 is 23.8 Å². The van der Waals surface area contributed by atoms with E-state index in [-0.39, 0.29) is 30.0 Å². The molecule has 3 rings (SSSR count). The van der Waals surface area contributed by atoms with E-state index < -0.39 is 5.97 Å². The average molecular weight is 412 g/mol. The molecule has 1 aliphatic heterocycles. The van der Waals surface area contributed by atoms with Gasteiger partial charge in [-0.1, -0.05) is 32.0 Å². The molecule has 1 amide bonds. The molecule has 0 radical (unpaired) electrons. The topological polar surface area (TPSA) is 99.9 Å². The summed E-state index contributed by atoms with van der Waals surface area (Å²) in [5, 5.41) is 2.94. The number of hydrogen-bond donors (Lipinski definition) is 2. The number of nitrogens with one attached hydrogen (secondary N) is 1. The Hall–Kier alpha value is -3.22. The van der Waals surface area contributed by atoms with Gasteiger partial charge in [0, 0.05) is 12.1 Å². The highest BCUT2D eigenvalue weighted by atomic mass is 16.5. The molecule has 0 bridgehead atoms. The number of nitrogens with two attached hydrogens (primary N) is 1. The van der Waals surface area contributed by atoms with Crippen molar-refractivity contribution in [2.24, 2.45) is 5.92 Å². The number of nitrogen functional groups attached to an aromatic ring is 1. The predicted molar refractivity (Wildman–Crippen MR) is 114 cm³/mol. The van der Waals surface area contributed by atoms with Crippen molar-refractivity contribution in [3.63, 3.8) is 0 Å². The zero-order valence-corrected chi connectivity index (χ0v) is 17.6. The predicted octanol–water partition coefficient (Wildman–Crippen LogP) is 3.41. The van der Waals surface area contributed by atoms with Crippen LogP contribution >= 0.6 is 0 Å². The quantitative estimate of drug-likeness (QED) is 0.557. The summed E-state index contributed by atoms with van der Waals surface area (Å²) in [7, 11) is 0. The number of fused-ring (bicyclic) bond motifs is 1. The van der Waals surface area contributed by atoms with Gasteiger partial charge in [0.25, 0.3) is 5.91 Å². The van der Waals surface area contributed by atoms with E-state index in [1.54, 1.807) is 25.1 Å². The summed E-state index contributed by atoms with van der Waals surface area (Å²) in [4.78, 5) is 24.8. The highest BCUT2D eigenvalue weighted by molar-refractivity contribution is 5.96. The lowest BCUT2D eigenvalue weighted by molar-refractivity contribution is -0.125. The van der Waals surface area contributed by atoms with E-state index >= 15 is 0 Å². The van der Waals surface area contributed by atoms with Crippen LogP contribution in [0.2, 0.25) is 0 Å². The third kappa shape index (κ3) is 5.03. The number of hydrogen-bond acceptors (Lipinski definition) is 6. The number of carbonyl (C=O) groups is 2. The van der Waals surface area contributed by atoms with Crippen LogP contribution in [-0.4, -0.2) is 31.7 Å². The Morgan fingerprint density at radius 3 is 2.60 bits per heavy atom. The minimum absolute atomic E-state index is 0.113. The van der Waals surface area contributed by atoms with Gasteiger partial charge < -0.3 is 25.3 Å². The normalized spacial score (nSPS) is 14.0.